The summed E-state index contributed by atoms with van der Waals surface area (Å²) in [4.78, 5) is 9.82. The van der Waals surface area contributed by atoms with Crippen molar-refractivity contribution in [2.75, 3.05) is 0 Å². The topological polar surface area (TPSA) is 43.1 Å². The minimum atomic E-state index is -0.395. The Bertz CT molecular complexity index is 267. The van der Waals surface area contributed by atoms with Gasteiger partial charge >= 0.3 is 65.5 Å². The Kier molecular flexibility index (Phi) is 4.11. The predicted molar refractivity (Wildman–Crippen MR) is 47.1 cm³/mol. The third kappa shape index (κ3) is 2.50. The molecule has 0 unspecified atom stereocenters. The normalized spacial score (nSPS) is 8.45. The summed E-state index contributed by atoms with van der Waals surface area (Å²) in [5.41, 5.74) is 0.155. The monoisotopic (exact) mass is 239 g/mol. The molecule has 1 aromatic rings. The van der Waals surface area contributed by atoms with E-state index in [4.69, 9.17) is 0 Å². The Balaban J connectivity index is 0.000001000. The number of hydrogen-bond acceptors (Lipinski definition) is 2. The molecular formula is C6H6ClNO2Se. The van der Waals surface area contributed by atoms with E-state index in [2.05, 4.69) is 16.0 Å². The van der Waals surface area contributed by atoms with Crippen molar-refractivity contribution in [3.8, 4) is 0 Å². The van der Waals surface area contributed by atoms with Gasteiger partial charge in [0, 0.05) is 0 Å². The van der Waals surface area contributed by atoms with Crippen LogP contribution < -0.4 is 4.46 Å². The Morgan fingerprint density at radius 2 is 1.91 bits per heavy atom. The molecule has 0 amide bonds. The van der Waals surface area contributed by atoms with Gasteiger partial charge in [-0.2, -0.15) is 0 Å². The standard InChI is InChI=1S/C6H5NO2Se.ClH/c8-7(9)5-3-1-2-4-6(5)10;/h1-4,10H;1H. The van der Waals surface area contributed by atoms with Crippen LogP contribution in [0.2, 0.25) is 0 Å². The summed E-state index contributed by atoms with van der Waals surface area (Å²) in [6.07, 6.45) is 0. The van der Waals surface area contributed by atoms with E-state index < -0.39 is 4.92 Å². The van der Waals surface area contributed by atoms with Gasteiger partial charge in [0.25, 0.3) is 0 Å². The number of nitro benzene ring substituents is 1. The van der Waals surface area contributed by atoms with E-state index >= 15 is 0 Å². The average molecular weight is 239 g/mol. The second-order valence-corrected chi connectivity index (χ2v) is 2.76. The molecule has 0 atom stereocenters. The van der Waals surface area contributed by atoms with Gasteiger partial charge in [0.2, 0.25) is 0 Å². The van der Waals surface area contributed by atoms with E-state index in [9.17, 15) is 10.1 Å². The predicted octanol–water partition coefficient (Wildman–Crippen LogP) is 0.543. The number of benzene rings is 1. The van der Waals surface area contributed by atoms with Crippen molar-refractivity contribution in [1.29, 1.82) is 0 Å². The van der Waals surface area contributed by atoms with Crippen molar-refractivity contribution in [3.63, 3.8) is 0 Å². The Morgan fingerprint density at radius 1 is 1.36 bits per heavy atom. The van der Waals surface area contributed by atoms with Gasteiger partial charge in [-0.1, -0.05) is 0 Å². The maximum absolute atomic E-state index is 10.2. The zero-order chi connectivity index (χ0) is 7.56. The maximum atomic E-state index is 10.2. The molecule has 0 aliphatic rings. The molecular weight excluding hydrogens is 232 g/mol. The SMILES string of the molecule is Cl.O=[N+]([O-])c1ccccc1[SeH]. The summed E-state index contributed by atoms with van der Waals surface area (Å²) >= 11 is 2.17. The summed E-state index contributed by atoms with van der Waals surface area (Å²) in [6.45, 7) is 0. The first-order valence-electron chi connectivity index (χ1n) is 2.64. The third-order valence-corrected chi connectivity index (χ3v) is 1.87. The van der Waals surface area contributed by atoms with E-state index in [0.29, 0.717) is 4.46 Å². The van der Waals surface area contributed by atoms with Crippen LogP contribution in [0.25, 0.3) is 0 Å². The Labute approximate surface area is 78.2 Å². The van der Waals surface area contributed by atoms with Gasteiger partial charge in [0.1, 0.15) is 0 Å². The average Bonchev–Trinajstić information content (AvgIpc) is 1.88. The van der Waals surface area contributed by atoms with Crippen molar-refractivity contribution in [2.24, 2.45) is 0 Å². The Hall–Kier alpha value is -0.571. The summed E-state index contributed by atoms with van der Waals surface area (Å²) in [6, 6.07) is 6.58. The van der Waals surface area contributed by atoms with Gasteiger partial charge in [-0.15, -0.1) is 12.4 Å². The van der Waals surface area contributed by atoms with Gasteiger partial charge in [0.05, 0.1) is 0 Å². The van der Waals surface area contributed by atoms with Gasteiger partial charge in [-0.3, -0.25) is 0 Å². The quantitative estimate of drug-likeness (QED) is 0.407. The molecule has 60 valence electrons. The molecule has 0 radical (unpaired) electrons. The van der Waals surface area contributed by atoms with E-state index in [0.717, 1.165) is 0 Å². The fraction of sp³-hybridized carbons (Fsp3) is 0. The van der Waals surface area contributed by atoms with Crippen LogP contribution in [-0.2, 0) is 0 Å². The fourth-order valence-electron chi connectivity index (χ4n) is 0.619. The van der Waals surface area contributed by atoms with Crippen molar-refractivity contribution >= 4 is 38.6 Å². The van der Waals surface area contributed by atoms with Crippen molar-refractivity contribution < 1.29 is 4.92 Å². The van der Waals surface area contributed by atoms with Crippen LogP contribution in [-0.4, -0.2) is 20.9 Å². The van der Waals surface area contributed by atoms with Crippen LogP contribution in [0.3, 0.4) is 0 Å². The van der Waals surface area contributed by atoms with E-state index in [1.54, 1.807) is 18.2 Å². The molecule has 0 aliphatic carbocycles. The van der Waals surface area contributed by atoms with E-state index in [1.165, 1.54) is 6.07 Å². The van der Waals surface area contributed by atoms with Crippen LogP contribution in [0.1, 0.15) is 0 Å². The number of nitro groups is 1. The number of halogens is 1. The van der Waals surface area contributed by atoms with E-state index in [1.807, 2.05) is 0 Å². The van der Waals surface area contributed by atoms with Gasteiger partial charge in [-0.05, 0) is 0 Å². The molecule has 0 aromatic heterocycles. The van der Waals surface area contributed by atoms with Gasteiger partial charge in [-0.25, -0.2) is 0 Å². The first kappa shape index (κ1) is 10.4. The number of para-hydroxylation sites is 1. The van der Waals surface area contributed by atoms with Crippen LogP contribution in [0.4, 0.5) is 5.69 Å². The molecule has 3 nitrogen and oxygen atoms in total. The molecule has 0 saturated carbocycles. The number of hydrogen-bond donors (Lipinski definition) is 0. The first-order valence-corrected chi connectivity index (χ1v) is 3.58. The van der Waals surface area contributed by atoms with Crippen LogP contribution in [0.15, 0.2) is 24.3 Å². The van der Waals surface area contributed by atoms with E-state index in [-0.39, 0.29) is 18.1 Å². The number of rotatable bonds is 1. The first-order chi connectivity index (χ1) is 4.72. The second-order valence-electron chi connectivity index (χ2n) is 1.75. The molecule has 0 saturated heterocycles. The van der Waals surface area contributed by atoms with Crippen molar-refractivity contribution in [2.45, 2.75) is 0 Å². The van der Waals surface area contributed by atoms with Crippen molar-refractivity contribution in [3.05, 3.63) is 34.4 Å². The molecule has 0 aliphatic heterocycles. The molecule has 5 heteroatoms. The zero-order valence-electron chi connectivity index (χ0n) is 5.43. The molecule has 0 spiro atoms. The molecule has 0 bridgehead atoms. The third-order valence-electron chi connectivity index (χ3n) is 1.08. The van der Waals surface area contributed by atoms with Crippen LogP contribution >= 0.6 is 12.4 Å². The second kappa shape index (κ2) is 4.34. The molecule has 1 aromatic carbocycles. The molecule has 1 rings (SSSR count). The van der Waals surface area contributed by atoms with Crippen molar-refractivity contribution in [1.82, 2.24) is 0 Å². The summed E-state index contributed by atoms with van der Waals surface area (Å²) in [7, 11) is 0. The molecule has 0 heterocycles. The fourth-order valence-corrected chi connectivity index (χ4v) is 1.13. The zero-order valence-corrected chi connectivity index (χ0v) is 8.12. The van der Waals surface area contributed by atoms with Crippen LogP contribution in [0.5, 0.6) is 0 Å². The van der Waals surface area contributed by atoms with Crippen LogP contribution in [0, 0.1) is 10.1 Å². The molecule has 11 heavy (non-hydrogen) atoms. The Morgan fingerprint density at radius 3 is 2.27 bits per heavy atom. The summed E-state index contributed by atoms with van der Waals surface area (Å²) in [5.74, 6) is 0. The van der Waals surface area contributed by atoms with Gasteiger partial charge < -0.3 is 0 Å². The summed E-state index contributed by atoms with van der Waals surface area (Å²) < 4.78 is 0.639. The molecule has 0 N–H and O–H groups in total. The summed E-state index contributed by atoms with van der Waals surface area (Å²) in [5, 5.41) is 10.2. The number of nitrogens with zero attached hydrogens (tertiary/aromatic N) is 1. The minimum absolute atomic E-state index is 0. The van der Waals surface area contributed by atoms with Gasteiger partial charge in [0.15, 0.2) is 0 Å². The molecule has 0 fully saturated rings.